The predicted octanol–water partition coefficient (Wildman–Crippen LogP) is 1.20. The molecule has 0 saturated carbocycles. The molecular formula is C22H30N2O8S. The van der Waals surface area contributed by atoms with Gasteiger partial charge in [0.1, 0.15) is 11.8 Å². The van der Waals surface area contributed by atoms with Crippen molar-refractivity contribution in [3.8, 4) is 0 Å². The first-order valence-electron chi connectivity index (χ1n) is 10.4. The first-order valence-corrected chi connectivity index (χ1v) is 11.4. The van der Waals surface area contributed by atoms with Crippen molar-refractivity contribution in [3.05, 3.63) is 24.3 Å². The molecule has 1 aliphatic rings. The van der Waals surface area contributed by atoms with Crippen LogP contribution in [0.3, 0.4) is 0 Å². The number of allylic oxidation sites excluding steroid dienone is 3. The number of rotatable bonds is 13. The molecule has 11 heteroatoms. The number of imide groups is 1. The van der Waals surface area contributed by atoms with Crippen molar-refractivity contribution in [3.63, 3.8) is 0 Å². The number of methoxy groups -OCH3 is 1. The Morgan fingerprint density at radius 1 is 1.27 bits per heavy atom. The molecule has 0 bridgehead atoms. The minimum Gasteiger partial charge on any atom is -0.467 e. The molecule has 0 spiro atoms. The zero-order valence-electron chi connectivity index (χ0n) is 19.0. The van der Waals surface area contributed by atoms with Gasteiger partial charge in [-0.15, -0.1) is 11.8 Å². The number of thioether (sulfide) groups is 1. The number of nitrogens with zero attached hydrogens (tertiary/aromatic N) is 1. The van der Waals surface area contributed by atoms with Crippen LogP contribution in [0.4, 0.5) is 0 Å². The molecule has 1 aliphatic heterocycles. The van der Waals surface area contributed by atoms with Crippen LogP contribution in [0, 0.1) is 0 Å². The number of likely N-dealkylation sites (tertiary alicyclic amines) is 1. The third-order valence-electron chi connectivity index (χ3n) is 4.37. The highest BCUT2D eigenvalue weighted by molar-refractivity contribution is 8.00. The van der Waals surface area contributed by atoms with Crippen molar-refractivity contribution in [2.24, 2.45) is 0 Å². The summed E-state index contributed by atoms with van der Waals surface area (Å²) >= 11 is 1.14. The first kappa shape index (κ1) is 30.0. The highest BCUT2D eigenvalue weighted by Gasteiger charge is 2.39. The number of ether oxygens (including phenoxy) is 1. The third kappa shape index (κ3) is 12.0. The van der Waals surface area contributed by atoms with Crippen LogP contribution in [0.25, 0.3) is 0 Å². The molecule has 2 unspecified atom stereocenters. The van der Waals surface area contributed by atoms with Gasteiger partial charge in [0.15, 0.2) is 0 Å². The van der Waals surface area contributed by atoms with Gasteiger partial charge in [0.25, 0.3) is 0 Å². The predicted molar refractivity (Wildman–Crippen MR) is 120 cm³/mol. The largest absolute Gasteiger partial charge is 0.467 e. The number of Topliss-reactive ketones (excluding diaryl/α,β-unsaturated/α-hetero) is 1. The van der Waals surface area contributed by atoms with Crippen molar-refractivity contribution < 1.29 is 38.3 Å². The van der Waals surface area contributed by atoms with Crippen LogP contribution >= 0.6 is 11.8 Å². The standard InChI is InChI=1S/C21H30N2O6S.CO2/c1-4-6-7-10-15(24)11-8-12-23-19(26)13-17(20(23)27)30-14-16(21(28)29-3)22-18(25)9-5-2;2-1-3/h5-7,9,16-17H,4,8,10-14H2,1-3H3,(H,22,25);/b7-6-,9-5+;. The molecule has 1 fully saturated rings. The first-order chi connectivity index (χ1) is 15.7. The Bertz CT molecular complexity index is 787. The molecule has 0 aliphatic carbocycles. The molecule has 1 saturated heterocycles. The van der Waals surface area contributed by atoms with Gasteiger partial charge in [-0.05, 0) is 25.8 Å². The summed E-state index contributed by atoms with van der Waals surface area (Å²) < 4.78 is 4.70. The van der Waals surface area contributed by atoms with E-state index in [1.807, 2.05) is 19.1 Å². The van der Waals surface area contributed by atoms with Crippen LogP contribution < -0.4 is 5.32 Å². The van der Waals surface area contributed by atoms with Gasteiger partial charge in [0.2, 0.25) is 17.7 Å². The van der Waals surface area contributed by atoms with Crippen molar-refractivity contribution in [1.82, 2.24) is 10.2 Å². The molecule has 0 aromatic carbocycles. The monoisotopic (exact) mass is 482 g/mol. The van der Waals surface area contributed by atoms with E-state index in [4.69, 9.17) is 14.3 Å². The maximum atomic E-state index is 12.6. The molecule has 1 rings (SSSR count). The lowest BCUT2D eigenvalue weighted by Gasteiger charge is -2.17. The lowest BCUT2D eigenvalue weighted by atomic mass is 10.1. The molecule has 33 heavy (non-hydrogen) atoms. The Balaban J connectivity index is 0.00000322. The Morgan fingerprint density at radius 3 is 2.52 bits per heavy atom. The third-order valence-corrected chi connectivity index (χ3v) is 5.67. The summed E-state index contributed by atoms with van der Waals surface area (Å²) in [7, 11) is 1.22. The van der Waals surface area contributed by atoms with E-state index in [0.717, 1.165) is 18.2 Å². The van der Waals surface area contributed by atoms with Gasteiger partial charge in [-0.3, -0.25) is 24.1 Å². The van der Waals surface area contributed by atoms with Crippen LogP contribution in [0.15, 0.2) is 24.3 Å². The van der Waals surface area contributed by atoms with Gasteiger partial charge in [-0.25, -0.2) is 4.79 Å². The maximum absolute atomic E-state index is 12.6. The fourth-order valence-electron chi connectivity index (χ4n) is 2.83. The summed E-state index contributed by atoms with van der Waals surface area (Å²) in [5.41, 5.74) is 0. The van der Waals surface area contributed by atoms with E-state index in [-0.39, 0.29) is 42.5 Å². The number of amides is 3. The van der Waals surface area contributed by atoms with E-state index < -0.39 is 23.2 Å². The Morgan fingerprint density at radius 2 is 1.94 bits per heavy atom. The second kappa shape index (κ2) is 17.5. The van der Waals surface area contributed by atoms with Crippen LogP contribution in [-0.4, -0.2) is 71.2 Å². The van der Waals surface area contributed by atoms with Gasteiger partial charge in [0, 0.05) is 31.6 Å². The fraction of sp³-hybridized carbons (Fsp3) is 0.545. The average molecular weight is 483 g/mol. The van der Waals surface area contributed by atoms with Gasteiger partial charge >= 0.3 is 12.1 Å². The number of hydrogen-bond donors (Lipinski definition) is 1. The molecule has 1 heterocycles. The molecular weight excluding hydrogens is 452 g/mol. The summed E-state index contributed by atoms with van der Waals surface area (Å²) in [6.45, 7) is 3.87. The van der Waals surface area contributed by atoms with Crippen LogP contribution in [0.5, 0.6) is 0 Å². The Kier molecular flexibility index (Phi) is 15.9. The summed E-state index contributed by atoms with van der Waals surface area (Å²) in [5.74, 6) is -1.50. The molecule has 0 radical (unpaired) electrons. The van der Waals surface area contributed by atoms with E-state index in [9.17, 15) is 24.0 Å². The van der Waals surface area contributed by atoms with Gasteiger partial charge in [-0.2, -0.15) is 9.59 Å². The molecule has 2 atom stereocenters. The van der Waals surface area contributed by atoms with E-state index in [1.54, 1.807) is 13.0 Å². The van der Waals surface area contributed by atoms with Gasteiger partial charge in [0.05, 0.1) is 12.4 Å². The zero-order chi connectivity index (χ0) is 25.2. The van der Waals surface area contributed by atoms with Crippen LogP contribution in [0.2, 0.25) is 0 Å². The summed E-state index contributed by atoms with van der Waals surface area (Å²) in [5, 5.41) is 1.90. The lowest BCUT2D eigenvalue weighted by Crippen LogP contribution is -2.43. The Labute approximate surface area is 197 Å². The topological polar surface area (TPSA) is 144 Å². The Hall–Kier alpha value is -3.04. The van der Waals surface area contributed by atoms with E-state index in [2.05, 4.69) is 5.32 Å². The van der Waals surface area contributed by atoms with E-state index in [1.165, 1.54) is 18.1 Å². The van der Waals surface area contributed by atoms with Crippen molar-refractivity contribution >= 4 is 47.4 Å². The molecule has 182 valence electrons. The van der Waals surface area contributed by atoms with Crippen molar-refractivity contribution in [2.45, 2.75) is 57.2 Å². The summed E-state index contributed by atoms with van der Waals surface area (Å²) in [6, 6.07) is -0.922. The zero-order valence-corrected chi connectivity index (χ0v) is 19.9. The molecule has 0 aromatic rings. The quantitative estimate of drug-likeness (QED) is 0.177. The highest BCUT2D eigenvalue weighted by Crippen LogP contribution is 2.26. The molecule has 1 N–H and O–H groups in total. The SMILES string of the molecule is C/C=C/C(=O)NC(CSC1CC(=O)N(CCCC(=O)C/C=C\CC)C1=O)C(=O)OC.O=C=O. The normalized spacial score (nSPS) is 16.3. The van der Waals surface area contributed by atoms with Crippen LogP contribution in [0.1, 0.15) is 46.0 Å². The van der Waals surface area contributed by atoms with E-state index >= 15 is 0 Å². The number of ketones is 1. The van der Waals surface area contributed by atoms with Crippen molar-refractivity contribution in [1.29, 1.82) is 0 Å². The second-order valence-electron chi connectivity index (χ2n) is 6.80. The number of carbonyl (C=O) groups is 5. The molecule has 0 aromatic heterocycles. The maximum Gasteiger partial charge on any atom is 0.373 e. The minimum atomic E-state index is -0.922. The number of carbonyl (C=O) groups excluding carboxylic acids is 7. The highest BCUT2D eigenvalue weighted by atomic mass is 32.2. The number of esters is 1. The average Bonchev–Trinajstić information content (AvgIpc) is 3.04. The van der Waals surface area contributed by atoms with Gasteiger partial charge in [-0.1, -0.05) is 25.2 Å². The van der Waals surface area contributed by atoms with Crippen LogP contribution in [-0.2, 0) is 38.3 Å². The van der Waals surface area contributed by atoms with E-state index in [0.29, 0.717) is 19.3 Å². The smallest absolute Gasteiger partial charge is 0.373 e. The number of nitrogens with one attached hydrogen (secondary N) is 1. The summed E-state index contributed by atoms with van der Waals surface area (Å²) in [4.78, 5) is 77.6. The van der Waals surface area contributed by atoms with Gasteiger partial charge < -0.3 is 10.1 Å². The lowest BCUT2D eigenvalue weighted by molar-refractivity contribution is -0.191. The second-order valence-corrected chi connectivity index (χ2v) is 8.04. The fourth-order valence-corrected chi connectivity index (χ4v) is 4.00. The number of hydrogen-bond acceptors (Lipinski definition) is 9. The molecule has 10 nitrogen and oxygen atoms in total. The van der Waals surface area contributed by atoms with Crippen molar-refractivity contribution in [2.75, 3.05) is 19.4 Å². The summed E-state index contributed by atoms with van der Waals surface area (Å²) in [6.07, 6.45) is 8.84. The molecule has 3 amide bonds. The minimum absolute atomic E-state index is 0.0351.